The number of alkyl halides is 2. The van der Waals surface area contributed by atoms with Gasteiger partial charge in [0.2, 0.25) is 5.91 Å². The van der Waals surface area contributed by atoms with Crippen molar-refractivity contribution in [2.75, 3.05) is 31.1 Å². The molecular weight excluding hydrogens is 398 g/mol. The van der Waals surface area contributed by atoms with Crippen LogP contribution in [-0.2, 0) is 11.3 Å². The number of hydrogen-bond acceptors (Lipinski definition) is 5. The minimum atomic E-state index is -2.61. The summed E-state index contributed by atoms with van der Waals surface area (Å²) in [5.74, 6) is -2.53. The van der Waals surface area contributed by atoms with E-state index in [0.717, 1.165) is 5.69 Å². The number of fused-ring (bicyclic) bond motifs is 1. The molecule has 6 nitrogen and oxygen atoms in total. The molecule has 4 rings (SSSR count). The van der Waals surface area contributed by atoms with Gasteiger partial charge in [0.05, 0.1) is 16.7 Å². The summed E-state index contributed by atoms with van der Waals surface area (Å²) in [6.07, 6.45) is 0. The predicted octanol–water partition coefficient (Wildman–Crippen LogP) is 3.41. The van der Waals surface area contributed by atoms with E-state index in [0.29, 0.717) is 49.0 Å². The van der Waals surface area contributed by atoms with Gasteiger partial charge in [-0.05, 0) is 36.0 Å². The Balaban J connectivity index is 1.47. The van der Waals surface area contributed by atoms with Gasteiger partial charge in [-0.25, -0.2) is 4.98 Å². The van der Waals surface area contributed by atoms with E-state index in [1.54, 1.807) is 45.9 Å². The summed E-state index contributed by atoms with van der Waals surface area (Å²) >= 11 is 0.350. The van der Waals surface area contributed by atoms with Crippen LogP contribution in [0.4, 0.5) is 14.5 Å². The lowest BCUT2D eigenvalue weighted by molar-refractivity contribution is -0.132. The highest BCUT2D eigenvalue weighted by Gasteiger charge is 2.24. The zero-order valence-corrected chi connectivity index (χ0v) is 16.4. The molecule has 9 heteroatoms. The smallest absolute Gasteiger partial charge is 0.291 e. The Morgan fingerprint density at radius 1 is 1.07 bits per heavy atom. The highest BCUT2D eigenvalue weighted by Crippen LogP contribution is 2.29. The first-order chi connectivity index (χ1) is 14.0. The molecule has 0 bridgehead atoms. The van der Waals surface area contributed by atoms with Crippen molar-refractivity contribution in [1.29, 1.82) is 0 Å². The number of benzene rings is 2. The summed E-state index contributed by atoms with van der Waals surface area (Å²) in [5, 5.41) is 10.2. The Morgan fingerprint density at radius 2 is 1.76 bits per heavy atom. The van der Waals surface area contributed by atoms with Gasteiger partial charge in [-0.1, -0.05) is 24.3 Å². The zero-order valence-electron chi connectivity index (χ0n) is 15.5. The number of aromatic nitrogens is 2. The van der Waals surface area contributed by atoms with Gasteiger partial charge in [0.15, 0.2) is 5.16 Å². The topological polar surface area (TPSA) is 61.6 Å². The van der Waals surface area contributed by atoms with Gasteiger partial charge < -0.3 is 19.5 Å². The third-order valence-electron chi connectivity index (χ3n) is 4.96. The number of anilines is 1. The van der Waals surface area contributed by atoms with E-state index < -0.39 is 5.76 Å². The summed E-state index contributed by atoms with van der Waals surface area (Å²) in [6, 6.07) is 14.2. The van der Waals surface area contributed by atoms with E-state index in [1.165, 1.54) is 0 Å². The molecule has 0 aliphatic carbocycles. The monoisotopic (exact) mass is 418 g/mol. The lowest BCUT2D eigenvalue weighted by atomic mass is 10.2. The normalized spacial score (nSPS) is 14.7. The predicted molar refractivity (Wildman–Crippen MR) is 108 cm³/mol. The molecular formula is C20H20F2N4O2S. The zero-order chi connectivity index (χ0) is 20.4. The van der Waals surface area contributed by atoms with E-state index in [1.807, 2.05) is 17.0 Å². The second-order valence-electron chi connectivity index (χ2n) is 6.70. The summed E-state index contributed by atoms with van der Waals surface area (Å²) < 4.78 is 27.5. The van der Waals surface area contributed by atoms with Gasteiger partial charge in [0, 0.05) is 26.2 Å². The number of para-hydroxylation sites is 4. The summed E-state index contributed by atoms with van der Waals surface area (Å²) in [6.45, 7) is 2.14. The van der Waals surface area contributed by atoms with Gasteiger partial charge in [0.1, 0.15) is 12.3 Å². The van der Waals surface area contributed by atoms with Crippen molar-refractivity contribution in [3.63, 3.8) is 0 Å². The summed E-state index contributed by atoms with van der Waals surface area (Å²) in [7, 11) is 0. The Morgan fingerprint density at radius 3 is 2.48 bits per heavy atom. The number of imidazole rings is 1. The van der Waals surface area contributed by atoms with Crippen LogP contribution >= 0.6 is 11.8 Å². The number of rotatable bonds is 5. The second kappa shape index (κ2) is 8.28. The first-order valence-corrected chi connectivity index (χ1v) is 10.1. The number of phenolic OH excluding ortho intramolecular Hbond substituents is 1. The summed E-state index contributed by atoms with van der Waals surface area (Å²) in [4.78, 5) is 20.9. The van der Waals surface area contributed by atoms with Crippen LogP contribution in [0.25, 0.3) is 11.0 Å². The molecule has 29 heavy (non-hydrogen) atoms. The Kier molecular flexibility index (Phi) is 5.57. The number of halogens is 2. The molecule has 0 atom stereocenters. The minimum absolute atomic E-state index is 0.0356. The van der Waals surface area contributed by atoms with Gasteiger partial charge in [-0.2, -0.15) is 8.78 Å². The van der Waals surface area contributed by atoms with E-state index in [9.17, 15) is 18.7 Å². The molecule has 1 saturated heterocycles. The number of thioether (sulfide) groups is 1. The van der Waals surface area contributed by atoms with Crippen LogP contribution in [0.1, 0.15) is 0 Å². The van der Waals surface area contributed by atoms with Gasteiger partial charge in [0.25, 0.3) is 5.76 Å². The average Bonchev–Trinajstić information content (AvgIpc) is 3.05. The van der Waals surface area contributed by atoms with Crippen LogP contribution in [0, 0.1) is 0 Å². The van der Waals surface area contributed by atoms with E-state index in [4.69, 9.17) is 0 Å². The number of piperazine rings is 1. The molecule has 3 aromatic rings. The standard InChI is InChI=1S/C20H20F2N4O2S/c21-19(22)29-20-23-14-5-1-2-6-15(14)26(20)13-18(28)25-11-9-24(10-12-25)16-7-3-4-8-17(16)27/h1-8,19,27H,9-13H2. The van der Waals surface area contributed by atoms with Gasteiger partial charge in [-0.15, -0.1) is 0 Å². The maximum atomic E-state index is 12.9. The fourth-order valence-electron chi connectivity index (χ4n) is 3.54. The molecule has 1 aliphatic heterocycles. The molecule has 1 amide bonds. The van der Waals surface area contributed by atoms with Gasteiger partial charge >= 0.3 is 0 Å². The van der Waals surface area contributed by atoms with E-state index in [-0.39, 0.29) is 23.4 Å². The Bertz CT molecular complexity index is 1020. The van der Waals surface area contributed by atoms with E-state index in [2.05, 4.69) is 4.98 Å². The Hall–Kier alpha value is -2.81. The lowest BCUT2D eigenvalue weighted by Gasteiger charge is -2.36. The van der Waals surface area contributed by atoms with Crippen molar-refractivity contribution in [3.05, 3.63) is 48.5 Å². The highest BCUT2D eigenvalue weighted by atomic mass is 32.2. The summed E-state index contributed by atoms with van der Waals surface area (Å²) in [5.41, 5.74) is 2.00. The molecule has 152 valence electrons. The fraction of sp³-hybridized carbons (Fsp3) is 0.300. The molecule has 1 fully saturated rings. The maximum absolute atomic E-state index is 12.9. The number of hydrogen-bond donors (Lipinski definition) is 1. The molecule has 1 aromatic heterocycles. The number of phenols is 1. The average molecular weight is 418 g/mol. The lowest BCUT2D eigenvalue weighted by Crippen LogP contribution is -2.49. The van der Waals surface area contributed by atoms with Crippen LogP contribution in [0.5, 0.6) is 5.75 Å². The molecule has 1 N–H and O–H groups in total. The number of amides is 1. The first kappa shape index (κ1) is 19.5. The van der Waals surface area contributed by atoms with Crippen LogP contribution in [-0.4, -0.2) is 57.4 Å². The molecule has 1 aliphatic rings. The van der Waals surface area contributed by atoms with Crippen LogP contribution in [0.15, 0.2) is 53.7 Å². The molecule has 0 unspecified atom stereocenters. The number of carbonyl (C=O) groups excluding carboxylic acids is 1. The highest BCUT2D eigenvalue weighted by molar-refractivity contribution is 7.99. The minimum Gasteiger partial charge on any atom is -0.506 e. The Labute approximate surface area is 170 Å². The maximum Gasteiger partial charge on any atom is 0.291 e. The fourth-order valence-corrected chi connectivity index (χ4v) is 4.14. The SMILES string of the molecule is O=C(Cn1c(SC(F)F)nc2ccccc21)N1CCN(c2ccccc2O)CC1. The van der Waals surface area contributed by atoms with Crippen LogP contribution < -0.4 is 4.90 Å². The second-order valence-corrected chi connectivity index (χ2v) is 7.66. The van der Waals surface area contributed by atoms with Crippen molar-refractivity contribution in [1.82, 2.24) is 14.5 Å². The van der Waals surface area contributed by atoms with E-state index >= 15 is 0 Å². The first-order valence-electron chi connectivity index (χ1n) is 9.24. The molecule has 2 heterocycles. The van der Waals surface area contributed by atoms with Crippen molar-refractivity contribution in [3.8, 4) is 5.75 Å². The van der Waals surface area contributed by atoms with Crippen LogP contribution in [0.2, 0.25) is 0 Å². The molecule has 0 saturated carbocycles. The third kappa shape index (κ3) is 4.14. The molecule has 0 spiro atoms. The van der Waals surface area contributed by atoms with Gasteiger partial charge in [-0.3, -0.25) is 4.79 Å². The van der Waals surface area contributed by atoms with Crippen molar-refractivity contribution in [2.24, 2.45) is 0 Å². The van der Waals surface area contributed by atoms with Crippen molar-refractivity contribution in [2.45, 2.75) is 17.5 Å². The number of aromatic hydroxyl groups is 1. The quantitative estimate of drug-likeness (QED) is 0.644. The largest absolute Gasteiger partial charge is 0.506 e. The van der Waals surface area contributed by atoms with Crippen LogP contribution in [0.3, 0.4) is 0 Å². The molecule has 2 aromatic carbocycles. The van der Waals surface area contributed by atoms with Crippen molar-refractivity contribution < 1.29 is 18.7 Å². The third-order valence-corrected chi connectivity index (χ3v) is 5.66. The number of nitrogens with zero attached hydrogens (tertiary/aromatic N) is 4. The van der Waals surface area contributed by atoms with Crippen molar-refractivity contribution >= 4 is 34.4 Å². The number of carbonyl (C=O) groups is 1. The molecule has 0 radical (unpaired) electrons.